The van der Waals surface area contributed by atoms with Crippen molar-refractivity contribution in [3.05, 3.63) is 384 Å². The Morgan fingerprint density at radius 2 is 0.580 bits per heavy atom. The van der Waals surface area contributed by atoms with Gasteiger partial charge in [0.15, 0.2) is 0 Å². The molecule has 4 aliphatic rings. The Morgan fingerprint density at radius 3 is 0.946 bits per heavy atom. The third-order valence-electron chi connectivity index (χ3n) is 23.3. The number of fused-ring (bicyclic) bond motifs is 14. The summed E-state index contributed by atoms with van der Waals surface area (Å²) >= 11 is 0. The van der Waals surface area contributed by atoms with Crippen molar-refractivity contribution < 1.29 is 18.9 Å². The number of nitrogens with zero attached hydrogens (tertiary/aromatic N) is 2. The third-order valence-corrected chi connectivity index (χ3v) is 23.3. The molecule has 16 aromatic carbocycles. The summed E-state index contributed by atoms with van der Waals surface area (Å²) in [5.74, 6) is 3.05. The van der Waals surface area contributed by atoms with Crippen LogP contribution >= 0.6 is 0 Å². The van der Waals surface area contributed by atoms with E-state index < -0.39 is 12.1 Å². The molecule has 0 saturated heterocycles. The highest BCUT2D eigenvalue weighted by molar-refractivity contribution is 6.34. The Hall–Kier alpha value is -14.3. The summed E-state index contributed by atoms with van der Waals surface area (Å²) in [4.78, 5) is 16.7. The average Bonchev–Trinajstić information content (AvgIpc) is 1.53. The van der Waals surface area contributed by atoms with E-state index in [2.05, 4.69) is 350 Å². The second kappa shape index (κ2) is 26.8. The van der Waals surface area contributed by atoms with E-state index in [4.69, 9.17) is 28.9 Å². The first kappa shape index (κ1) is 65.9. The molecular weight excluding hydrogens is 1370 g/mol. The first-order chi connectivity index (χ1) is 55.4. The van der Waals surface area contributed by atoms with Gasteiger partial charge in [0.05, 0.1) is 57.6 Å². The van der Waals surface area contributed by atoms with E-state index in [1.54, 1.807) is 28.4 Å². The zero-order chi connectivity index (χ0) is 74.7. The van der Waals surface area contributed by atoms with Gasteiger partial charge in [0.25, 0.3) is 0 Å². The first-order valence-electron chi connectivity index (χ1n) is 38.1. The molecule has 0 fully saturated rings. The van der Waals surface area contributed by atoms with Crippen LogP contribution in [-0.2, 0) is 0 Å². The maximum atomic E-state index is 6.56. The average molecular weight is 1440 g/mol. The summed E-state index contributed by atoms with van der Waals surface area (Å²) in [6, 6.07) is 108. The second-order valence-electron chi connectivity index (χ2n) is 29.1. The quantitative estimate of drug-likeness (QED) is 0.127. The molecule has 0 radical (unpaired) electrons. The van der Waals surface area contributed by atoms with Crippen LogP contribution in [0.2, 0.25) is 0 Å². The molecule has 112 heavy (non-hydrogen) atoms. The number of methoxy groups -OCH3 is 4. The molecule has 0 amide bonds. The lowest BCUT2D eigenvalue weighted by molar-refractivity contribution is 0.417. The SMILES string of the molecule is COc1ccc2ccccc2c1-c1c(/C2=C3\C=CC(N3)/C(c3ccc4ccccc4c3-c3c(OC)ccc4ccccc34)=C3/C=CC(=N3)/C(c3ccc4ccccc4c3-c3c(OC)ccc4ccccc34)=c3/cc/c([nH]3)=C(\c3ccc4ccccc4c3-c3c(OC)ccc4ccccc34)C3=NC2C=C3)ccc2ccccc12. The minimum absolute atomic E-state index is 0.485. The van der Waals surface area contributed by atoms with Crippen molar-refractivity contribution in [1.82, 2.24) is 10.3 Å². The molecule has 0 aliphatic carbocycles. The second-order valence-corrected chi connectivity index (χ2v) is 29.1. The van der Waals surface area contributed by atoms with Gasteiger partial charge >= 0.3 is 0 Å². The maximum Gasteiger partial charge on any atom is 0.127 e. The molecule has 1 aromatic heterocycles. The molecule has 0 spiro atoms. The predicted octanol–water partition coefficient (Wildman–Crippen LogP) is 23.1. The van der Waals surface area contributed by atoms with Gasteiger partial charge < -0.3 is 29.2 Å². The topological polar surface area (TPSA) is 89.5 Å². The number of nitrogens with one attached hydrogen (secondary N) is 2. The van der Waals surface area contributed by atoms with E-state index in [-0.39, 0.29) is 0 Å². The van der Waals surface area contributed by atoms with Crippen molar-refractivity contribution in [3.63, 3.8) is 0 Å². The summed E-state index contributed by atoms with van der Waals surface area (Å²) in [7, 11) is 7.13. The van der Waals surface area contributed by atoms with Crippen LogP contribution in [0.15, 0.2) is 361 Å². The van der Waals surface area contributed by atoms with Gasteiger partial charge in [0.1, 0.15) is 23.0 Å². The number of aromatic nitrogens is 1. The van der Waals surface area contributed by atoms with E-state index >= 15 is 0 Å². The Balaban J connectivity index is 0.942. The van der Waals surface area contributed by atoms with Crippen LogP contribution < -0.4 is 35.0 Å². The molecule has 4 aliphatic heterocycles. The van der Waals surface area contributed by atoms with Crippen molar-refractivity contribution in [2.24, 2.45) is 9.98 Å². The molecule has 0 saturated carbocycles. The lowest BCUT2D eigenvalue weighted by Gasteiger charge is -2.26. The van der Waals surface area contributed by atoms with E-state index in [0.717, 1.165) is 232 Å². The molecule has 8 nitrogen and oxygen atoms in total. The van der Waals surface area contributed by atoms with Gasteiger partial charge in [-0.3, -0.25) is 4.99 Å². The van der Waals surface area contributed by atoms with Gasteiger partial charge in [-0.2, -0.15) is 0 Å². The standard InChI is InChI=1S/C104H72N4O4/c1-109-89-57-41-65-25-9-17-33-73(65)101(89)93-69-29-13-5-21-61(69)37-45-77(93)97-81-49-51-83(105-81)98(78-46-38-62-22-6-14-30-70(62)94(78)102-74-34-18-10-26-66(74)42-58-90(102)110-2)85-53-55-87(107-85)100(80-48-40-64-24-8-16-32-72(64)96(80)104-76-36-20-12-28-68(76)44-60-92(104)112-4)88-56-54-86(108-88)99(84-52-50-82(97)106-84)79-47-39-63-23-7-15-31-71(63)95(79)103-75-35-19-11-27-67(75)43-59-91(103)111-3/h5-60,81,84,106-107H,1-4H3/b97-82-,98-85-,99-86-,100-87-. The number of aromatic amines is 1. The first-order valence-corrected chi connectivity index (χ1v) is 38.1. The fraction of sp³-hybridized carbons (Fsp3) is 0.0577. The number of hydrogen-bond donors (Lipinski definition) is 2. The lowest BCUT2D eigenvalue weighted by Crippen LogP contribution is -2.26. The van der Waals surface area contributed by atoms with Crippen LogP contribution in [0, 0.1) is 0 Å². The maximum absolute atomic E-state index is 6.56. The number of H-pyrrole nitrogens is 1. The molecule has 5 heterocycles. The van der Waals surface area contributed by atoms with Crippen molar-refractivity contribution >= 4 is 120 Å². The van der Waals surface area contributed by atoms with Crippen LogP contribution in [0.25, 0.3) is 153 Å². The van der Waals surface area contributed by atoms with Crippen LogP contribution in [0.4, 0.5) is 0 Å². The number of ether oxygens (including phenoxy) is 4. The van der Waals surface area contributed by atoms with Gasteiger partial charge in [-0.25, -0.2) is 4.99 Å². The Labute approximate surface area is 647 Å². The number of hydrogen-bond acceptors (Lipinski definition) is 7. The van der Waals surface area contributed by atoms with E-state index in [1.807, 2.05) is 0 Å². The zero-order valence-corrected chi connectivity index (χ0v) is 62.0. The van der Waals surface area contributed by atoms with Crippen LogP contribution in [0.3, 0.4) is 0 Å². The Bertz CT molecular complexity index is 7300. The molecule has 532 valence electrons. The normalized spacial score (nSPS) is 17.5. The molecular formula is C104H72N4O4. The third kappa shape index (κ3) is 10.5. The fourth-order valence-electron chi connectivity index (χ4n) is 18.4. The summed E-state index contributed by atoms with van der Waals surface area (Å²) in [6.07, 6.45) is 13.7. The highest BCUT2D eigenvalue weighted by Crippen LogP contribution is 2.53. The van der Waals surface area contributed by atoms with Crippen molar-refractivity contribution in [1.29, 1.82) is 0 Å². The van der Waals surface area contributed by atoms with Gasteiger partial charge in [0.2, 0.25) is 0 Å². The van der Waals surface area contributed by atoms with Crippen molar-refractivity contribution in [2.75, 3.05) is 28.4 Å². The minimum atomic E-state index is -0.573. The number of rotatable bonds is 12. The molecule has 8 bridgehead atoms. The summed E-state index contributed by atoms with van der Waals surface area (Å²) in [5.41, 5.74) is 19.1. The largest absolute Gasteiger partial charge is 0.496 e. The van der Waals surface area contributed by atoms with E-state index in [0.29, 0.717) is 0 Å². The predicted molar refractivity (Wildman–Crippen MR) is 466 cm³/mol. The lowest BCUT2D eigenvalue weighted by atomic mass is 9.84. The molecule has 17 aromatic rings. The molecule has 8 heteroatoms. The molecule has 2 unspecified atom stereocenters. The highest BCUT2D eigenvalue weighted by Gasteiger charge is 2.36. The molecule has 2 N–H and O–H groups in total. The summed E-state index contributed by atoms with van der Waals surface area (Å²) < 4.78 is 26.2. The Kier molecular flexibility index (Phi) is 15.8. The van der Waals surface area contributed by atoms with Gasteiger partial charge in [-0.05, 0) is 169 Å². The highest BCUT2D eigenvalue weighted by atomic mass is 16.5. The number of allylic oxidation sites excluding steroid dienone is 4. The monoisotopic (exact) mass is 1440 g/mol. The van der Waals surface area contributed by atoms with E-state index in [9.17, 15) is 0 Å². The summed E-state index contributed by atoms with van der Waals surface area (Å²) in [5, 5.41) is 23.5. The van der Waals surface area contributed by atoms with Gasteiger partial charge in [0, 0.05) is 83.2 Å². The minimum Gasteiger partial charge on any atom is -0.496 e. The van der Waals surface area contributed by atoms with Crippen molar-refractivity contribution in [3.8, 4) is 67.5 Å². The smallest absolute Gasteiger partial charge is 0.127 e. The van der Waals surface area contributed by atoms with Crippen LogP contribution in [-0.4, -0.2) is 56.9 Å². The van der Waals surface area contributed by atoms with Crippen LogP contribution in [0.1, 0.15) is 22.3 Å². The molecule has 21 rings (SSSR count). The molecule has 2 atom stereocenters. The zero-order valence-electron chi connectivity index (χ0n) is 62.0. The Morgan fingerprint density at radius 1 is 0.268 bits per heavy atom. The van der Waals surface area contributed by atoms with Crippen LogP contribution in [0.5, 0.6) is 23.0 Å². The summed E-state index contributed by atoms with van der Waals surface area (Å²) in [6.45, 7) is 0. The fourth-order valence-corrected chi connectivity index (χ4v) is 18.4. The van der Waals surface area contributed by atoms with Gasteiger partial charge in [-0.15, -0.1) is 0 Å². The number of benzene rings is 16. The number of aliphatic imine (C=N–C) groups is 2. The van der Waals surface area contributed by atoms with Gasteiger partial charge in [-0.1, -0.05) is 279 Å². The van der Waals surface area contributed by atoms with E-state index in [1.165, 1.54) is 0 Å². The van der Waals surface area contributed by atoms with Crippen molar-refractivity contribution in [2.45, 2.75) is 12.1 Å².